The van der Waals surface area contributed by atoms with Gasteiger partial charge in [0.05, 0.1) is 5.69 Å². The molecular weight excluding hydrogens is 343 g/mol. The Morgan fingerprint density at radius 1 is 1.18 bits per heavy atom. The number of hydrogen-bond acceptors (Lipinski definition) is 1. The third kappa shape index (κ3) is 2.46. The second-order valence-corrected chi connectivity index (χ2v) is 4.59. The third-order valence-electron chi connectivity index (χ3n) is 2.13. The second-order valence-electron chi connectivity index (χ2n) is 3.35. The number of hydrogen-bond donors (Lipinski definition) is 1. The smallest absolute Gasteiger partial charge is 0.352 e. The Morgan fingerprint density at radius 2 is 1.76 bits per heavy atom. The van der Waals surface area contributed by atoms with Crippen molar-refractivity contribution in [1.82, 2.24) is 4.57 Å². The first-order chi connectivity index (χ1) is 7.97. The molecule has 1 aromatic heterocycles. The number of benzene rings is 1. The molecule has 0 unspecified atom stereocenters. The lowest BCUT2D eigenvalue weighted by atomic mass is 10.3. The Hall–Kier alpha value is -1.44. The number of halogens is 3. The number of carbonyl (C=O) groups is 1. The fraction of sp³-hybridized carbons (Fsp3) is 0. The predicted octanol–water partition coefficient (Wildman–Crippen LogP) is 3.06. The molecule has 0 spiro atoms. The molecule has 0 aliphatic rings. The van der Waals surface area contributed by atoms with Crippen molar-refractivity contribution in [1.29, 1.82) is 0 Å². The Morgan fingerprint density at radius 3 is 2.29 bits per heavy atom. The van der Waals surface area contributed by atoms with Gasteiger partial charge < -0.3 is 9.67 Å². The summed E-state index contributed by atoms with van der Waals surface area (Å²) in [7, 11) is 0. The van der Waals surface area contributed by atoms with Crippen LogP contribution in [0.15, 0.2) is 30.5 Å². The molecule has 6 heteroatoms. The Kier molecular flexibility index (Phi) is 3.14. The van der Waals surface area contributed by atoms with Crippen molar-refractivity contribution in [3.8, 4) is 5.69 Å². The van der Waals surface area contributed by atoms with Crippen LogP contribution in [0.2, 0.25) is 0 Å². The van der Waals surface area contributed by atoms with E-state index in [0.717, 1.165) is 18.2 Å². The molecule has 0 saturated heterocycles. The quantitative estimate of drug-likeness (QED) is 0.847. The first-order valence-corrected chi connectivity index (χ1v) is 5.63. The molecule has 0 aliphatic heterocycles. The Bertz CT molecular complexity index is 575. The standard InChI is InChI=1S/C11H6F2INO2/c12-6-1-7(13)3-9(2-6)15-5-8(14)4-10(15)11(16)17/h1-5H,(H,16,17). The van der Waals surface area contributed by atoms with Crippen LogP contribution in [0.1, 0.15) is 10.5 Å². The first-order valence-electron chi connectivity index (χ1n) is 4.55. The molecule has 1 N–H and O–H groups in total. The van der Waals surface area contributed by atoms with E-state index >= 15 is 0 Å². The van der Waals surface area contributed by atoms with Gasteiger partial charge in [-0.1, -0.05) is 0 Å². The summed E-state index contributed by atoms with van der Waals surface area (Å²) < 4.78 is 28.0. The molecule has 0 fully saturated rings. The van der Waals surface area contributed by atoms with E-state index in [0.29, 0.717) is 3.57 Å². The zero-order valence-corrected chi connectivity index (χ0v) is 10.5. The zero-order chi connectivity index (χ0) is 12.6. The van der Waals surface area contributed by atoms with Crippen LogP contribution in [0.5, 0.6) is 0 Å². The summed E-state index contributed by atoms with van der Waals surface area (Å²) >= 11 is 1.93. The molecule has 0 radical (unpaired) electrons. The summed E-state index contributed by atoms with van der Waals surface area (Å²) in [5.41, 5.74) is 0.0993. The molecule has 2 aromatic rings. The maximum atomic E-state index is 13.1. The van der Waals surface area contributed by atoms with Crippen molar-refractivity contribution >= 4 is 28.6 Å². The van der Waals surface area contributed by atoms with E-state index in [1.807, 2.05) is 22.6 Å². The van der Waals surface area contributed by atoms with E-state index in [4.69, 9.17) is 5.11 Å². The minimum atomic E-state index is -1.16. The molecule has 17 heavy (non-hydrogen) atoms. The summed E-state index contributed by atoms with van der Waals surface area (Å²) in [6.07, 6.45) is 1.50. The van der Waals surface area contributed by atoms with Crippen LogP contribution in [-0.2, 0) is 0 Å². The maximum Gasteiger partial charge on any atom is 0.352 e. The fourth-order valence-corrected chi connectivity index (χ4v) is 2.06. The summed E-state index contributed by atoms with van der Waals surface area (Å²) in [6.45, 7) is 0. The van der Waals surface area contributed by atoms with Gasteiger partial charge in [-0.05, 0) is 40.8 Å². The van der Waals surface area contributed by atoms with Crippen molar-refractivity contribution in [3.63, 3.8) is 0 Å². The number of carboxylic acid groups (broad SMARTS) is 1. The first kappa shape index (κ1) is 12.0. The number of aromatic carboxylic acids is 1. The molecule has 1 heterocycles. The Labute approximate surface area is 109 Å². The summed E-state index contributed by atoms with van der Waals surface area (Å²) in [4.78, 5) is 11.0. The van der Waals surface area contributed by atoms with Crippen LogP contribution in [-0.4, -0.2) is 15.6 Å². The molecule has 0 amide bonds. The molecule has 2 rings (SSSR count). The summed E-state index contributed by atoms with van der Waals surface area (Å²) in [6, 6.07) is 4.31. The molecule has 0 saturated carbocycles. The van der Waals surface area contributed by atoms with Crippen molar-refractivity contribution < 1.29 is 18.7 Å². The molecule has 88 valence electrons. The summed E-state index contributed by atoms with van der Waals surface area (Å²) in [5.74, 6) is -2.65. The predicted molar refractivity (Wildman–Crippen MR) is 65.4 cm³/mol. The van der Waals surface area contributed by atoms with Crippen molar-refractivity contribution in [2.75, 3.05) is 0 Å². The minimum Gasteiger partial charge on any atom is -0.477 e. The van der Waals surface area contributed by atoms with Crippen LogP contribution < -0.4 is 0 Å². The van der Waals surface area contributed by atoms with Crippen molar-refractivity contribution in [3.05, 3.63) is 51.4 Å². The maximum absolute atomic E-state index is 13.1. The lowest BCUT2D eigenvalue weighted by Crippen LogP contribution is -2.06. The third-order valence-corrected chi connectivity index (χ3v) is 2.72. The number of nitrogens with zero attached hydrogens (tertiary/aromatic N) is 1. The monoisotopic (exact) mass is 349 g/mol. The lowest BCUT2D eigenvalue weighted by Gasteiger charge is -2.06. The van der Waals surface area contributed by atoms with Gasteiger partial charge in [-0.15, -0.1) is 0 Å². The minimum absolute atomic E-state index is 0.0422. The number of aromatic nitrogens is 1. The van der Waals surface area contributed by atoms with Gasteiger partial charge in [-0.2, -0.15) is 0 Å². The largest absolute Gasteiger partial charge is 0.477 e. The average Bonchev–Trinajstić information content (AvgIpc) is 2.59. The zero-order valence-electron chi connectivity index (χ0n) is 8.32. The number of carboxylic acids is 1. The van der Waals surface area contributed by atoms with Crippen LogP contribution in [0.3, 0.4) is 0 Å². The highest BCUT2D eigenvalue weighted by atomic mass is 127. The SMILES string of the molecule is O=C(O)c1cc(I)cn1-c1cc(F)cc(F)c1. The van der Waals surface area contributed by atoms with E-state index in [9.17, 15) is 13.6 Å². The normalized spacial score (nSPS) is 10.5. The van der Waals surface area contributed by atoms with Gasteiger partial charge in [0.25, 0.3) is 0 Å². The van der Waals surface area contributed by atoms with E-state index in [2.05, 4.69) is 0 Å². The van der Waals surface area contributed by atoms with Crippen LogP contribution in [0.4, 0.5) is 8.78 Å². The van der Waals surface area contributed by atoms with Gasteiger partial charge >= 0.3 is 5.97 Å². The van der Waals surface area contributed by atoms with E-state index < -0.39 is 17.6 Å². The molecule has 3 nitrogen and oxygen atoms in total. The lowest BCUT2D eigenvalue weighted by molar-refractivity contribution is 0.0688. The van der Waals surface area contributed by atoms with Gasteiger partial charge in [-0.25, -0.2) is 13.6 Å². The van der Waals surface area contributed by atoms with E-state index in [1.165, 1.54) is 16.8 Å². The molecule has 0 bridgehead atoms. The molecule has 0 atom stereocenters. The Balaban J connectivity index is 2.63. The highest BCUT2D eigenvalue weighted by Crippen LogP contribution is 2.19. The van der Waals surface area contributed by atoms with Gasteiger partial charge in [0.2, 0.25) is 0 Å². The van der Waals surface area contributed by atoms with Crippen LogP contribution in [0, 0.1) is 15.2 Å². The summed E-state index contributed by atoms with van der Waals surface area (Å²) in [5, 5.41) is 8.97. The molecule has 0 aliphatic carbocycles. The molecule has 1 aromatic carbocycles. The fourth-order valence-electron chi connectivity index (χ4n) is 1.49. The number of rotatable bonds is 2. The van der Waals surface area contributed by atoms with E-state index in [1.54, 1.807) is 0 Å². The van der Waals surface area contributed by atoms with E-state index in [-0.39, 0.29) is 11.4 Å². The highest BCUT2D eigenvalue weighted by Gasteiger charge is 2.14. The topological polar surface area (TPSA) is 42.2 Å². The van der Waals surface area contributed by atoms with Crippen molar-refractivity contribution in [2.24, 2.45) is 0 Å². The van der Waals surface area contributed by atoms with Gasteiger partial charge in [0.1, 0.15) is 17.3 Å². The van der Waals surface area contributed by atoms with Crippen LogP contribution >= 0.6 is 22.6 Å². The molecular formula is C11H6F2INO2. The highest BCUT2D eigenvalue weighted by molar-refractivity contribution is 14.1. The van der Waals surface area contributed by atoms with Crippen LogP contribution in [0.25, 0.3) is 5.69 Å². The van der Waals surface area contributed by atoms with Gasteiger partial charge in [0, 0.05) is 15.8 Å². The average molecular weight is 349 g/mol. The van der Waals surface area contributed by atoms with Gasteiger partial charge in [-0.3, -0.25) is 0 Å². The van der Waals surface area contributed by atoms with Crippen molar-refractivity contribution in [2.45, 2.75) is 0 Å². The van der Waals surface area contributed by atoms with Gasteiger partial charge in [0.15, 0.2) is 0 Å². The second kappa shape index (κ2) is 4.44.